The average molecular weight is 446 g/mol. The fourth-order valence-corrected chi connectivity index (χ4v) is 3.40. The Morgan fingerprint density at radius 1 is 1.40 bits per heavy atom. The molecule has 0 amide bonds. The third-order valence-corrected chi connectivity index (χ3v) is 3.83. The van der Waals surface area contributed by atoms with Gasteiger partial charge in [0, 0.05) is 14.2 Å². The molecule has 0 unspecified atom stereocenters. The smallest absolute Gasteiger partial charge is 0.262 e. The lowest BCUT2D eigenvalue weighted by atomic mass is 10.2. The molecule has 0 aliphatic heterocycles. The van der Waals surface area contributed by atoms with Crippen molar-refractivity contribution in [3.63, 3.8) is 0 Å². The molecule has 2 aromatic rings. The number of benzene rings is 1. The Bertz CT molecular complexity index is 609. The third-order valence-electron chi connectivity index (χ3n) is 2.04. The number of nitrogens with zero attached hydrogens (tertiary/aromatic N) is 2. The molecule has 2 rings (SSSR count). The first-order chi connectivity index (χ1) is 7.00. The van der Waals surface area contributed by atoms with Crippen LogP contribution in [0, 0.1) is 7.14 Å². The number of hydrogen-bond donors (Lipinski definition) is 0. The third kappa shape index (κ3) is 2.01. The first-order valence-electron chi connectivity index (χ1n) is 4.02. The van der Waals surface area contributed by atoms with Crippen LogP contribution in [0.3, 0.4) is 0 Å². The quantitative estimate of drug-likeness (QED) is 0.461. The van der Waals surface area contributed by atoms with E-state index < -0.39 is 0 Å². The summed E-state index contributed by atoms with van der Waals surface area (Å²) in [6, 6.07) is 3.79. The van der Waals surface area contributed by atoms with Crippen LogP contribution in [-0.2, 0) is 7.05 Å². The van der Waals surface area contributed by atoms with Crippen molar-refractivity contribution in [1.82, 2.24) is 9.55 Å². The number of rotatable bonds is 0. The summed E-state index contributed by atoms with van der Waals surface area (Å²) in [7, 11) is 1.61. The number of halogens is 3. The predicted octanol–water partition coefficient (Wildman–Crippen LogP) is 2.80. The van der Waals surface area contributed by atoms with Crippen molar-refractivity contribution in [3.8, 4) is 0 Å². The van der Waals surface area contributed by atoms with Gasteiger partial charge >= 0.3 is 0 Å². The topological polar surface area (TPSA) is 34.9 Å². The molecule has 15 heavy (non-hydrogen) atoms. The summed E-state index contributed by atoms with van der Waals surface area (Å²) in [6.07, 6.45) is 0. The highest BCUT2D eigenvalue weighted by molar-refractivity contribution is 14.1. The standard InChI is InChI=1S/C9H5ClI2N2O/c1-14-8(15)5-2-4(11)3-6(12)7(5)13-9(14)10/h2-3H,1H3. The molecule has 6 heteroatoms. The monoisotopic (exact) mass is 446 g/mol. The summed E-state index contributed by atoms with van der Waals surface area (Å²) >= 11 is 10.2. The van der Waals surface area contributed by atoms with Crippen molar-refractivity contribution in [3.05, 3.63) is 34.9 Å². The second-order valence-corrected chi connectivity index (χ2v) is 5.77. The van der Waals surface area contributed by atoms with E-state index in [1.807, 2.05) is 12.1 Å². The minimum absolute atomic E-state index is 0.110. The summed E-state index contributed by atoms with van der Waals surface area (Å²) in [5.74, 6) is 0. The minimum Gasteiger partial charge on any atom is -0.286 e. The zero-order chi connectivity index (χ0) is 11.2. The van der Waals surface area contributed by atoms with Gasteiger partial charge in [-0.15, -0.1) is 0 Å². The van der Waals surface area contributed by atoms with E-state index in [0.29, 0.717) is 10.9 Å². The maximum absolute atomic E-state index is 11.9. The second-order valence-electron chi connectivity index (χ2n) is 3.03. The van der Waals surface area contributed by atoms with Crippen LogP contribution in [-0.4, -0.2) is 9.55 Å². The molecule has 0 spiro atoms. The molecule has 0 fully saturated rings. The lowest BCUT2D eigenvalue weighted by Crippen LogP contribution is -2.19. The van der Waals surface area contributed by atoms with Gasteiger partial charge < -0.3 is 0 Å². The Labute approximate surface area is 118 Å². The van der Waals surface area contributed by atoms with E-state index in [0.717, 1.165) is 7.14 Å². The van der Waals surface area contributed by atoms with Gasteiger partial charge in [0.15, 0.2) is 0 Å². The molecule has 0 N–H and O–H groups in total. The van der Waals surface area contributed by atoms with Crippen LogP contribution in [0.5, 0.6) is 0 Å². The zero-order valence-electron chi connectivity index (χ0n) is 7.59. The molecule has 0 aliphatic carbocycles. The van der Waals surface area contributed by atoms with E-state index in [2.05, 4.69) is 50.2 Å². The van der Waals surface area contributed by atoms with Crippen molar-refractivity contribution < 1.29 is 0 Å². The van der Waals surface area contributed by atoms with Gasteiger partial charge in [-0.3, -0.25) is 9.36 Å². The van der Waals surface area contributed by atoms with Crippen LogP contribution in [0.15, 0.2) is 16.9 Å². The summed E-state index contributed by atoms with van der Waals surface area (Å²) in [5, 5.41) is 0.824. The molecular weight excluding hydrogens is 441 g/mol. The van der Waals surface area contributed by atoms with Crippen molar-refractivity contribution in [2.45, 2.75) is 0 Å². The lowest BCUT2D eigenvalue weighted by Gasteiger charge is -2.05. The highest BCUT2D eigenvalue weighted by atomic mass is 127. The maximum Gasteiger partial charge on any atom is 0.262 e. The zero-order valence-corrected chi connectivity index (χ0v) is 12.7. The number of aromatic nitrogens is 2. The molecule has 0 saturated heterocycles. The van der Waals surface area contributed by atoms with Crippen LogP contribution in [0.2, 0.25) is 5.28 Å². The summed E-state index contributed by atoms with van der Waals surface area (Å²) in [5.41, 5.74) is 0.561. The van der Waals surface area contributed by atoms with E-state index in [1.165, 1.54) is 4.57 Å². The van der Waals surface area contributed by atoms with Crippen molar-refractivity contribution in [2.24, 2.45) is 7.05 Å². The van der Waals surface area contributed by atoms with Crippen molar-refractivity contribution in [2.75, 3.05) is 0 Å². The van der Waals surface area contributed by atoms with E-state index >= 15 is 0 Å². The highest BCUT2D eigenvalue weighted by Gasteiger charge is 2.09. The van der Waals surface area contributed by atoms with Crippen LogP contribution < -0.4 is 5.56 Å². The molecule has 1 heterocycles. The molecule has 0 radical (unpaired) electrons. The largest absolute Gasteiger partial charge is 0.286 e. The molecule has 1 aromatic carbocycles. The van der Waals surface area contributed by atoms with Crippen LogP contribution in [0.4, 0.5) is 0 Å². The van der Waals surface area contributed by atoms with Crippen molar-refractivity contribution >= 4 is 67.7 Å². The van der Waals surface area contributed by atoms with Crippen LogP contribution >= 0.6 is 56.8 Å². The Balaban J connectivity index is 3.06. The first kappa shape index (κ1) is 11.6. The van der Waals surface area contributed by atoms with E-state index in [1.54, 1.807) is 7.05 Å². The van der Waals surface area contributed by atoms with E-state index in [4.69, 9.17) is 11.6 Å². The SMILES string of the molecule is Cn1c(Cl)nc2c(I)cc(I)cc2c1=O. The molecule has 0 saturated carbocycles. The summed E-state index contributed by atoms with van der Waals surface area (Å²) < 4.78 is 3.30. The van der Waals surface area contributed by atoms with Crippen LogP contribution in [0.25, 0.3) is 10.9 Å². The van der Waals surface area contributed by atoms with Gasteiger partial charge in [0.1, 0.15) is 0 Å². The van der Waals surface area contributed by atoms with E-state index in [-0.39, 0.29) is 10.8 Å². The fourth-order valence-electron chi connectivity index (χ4n) is 1.27. The molecule has 78 valence electrons. The average Bonchev–Trinajstić information content (AvgIpc) is 2.17. The predicted molar refractivity (Wildman–Crippen MR) is 77.4 cm³/mol. The Morgan fingerprint density at radius 2 is 2.07 bits per heavy atom. The molecule has 3 nitrogen and oxygen atoms in total. The Kier molecular flexibility index (Phi) is 3.22. The highest BCUT2D eigenvalue weighted by Crippen LogP contribution is 2.21. The summed E-state index contributed by atoms with van der Waals surface area (Å²) in [6.45, 7) is 0. The van der Waals surface area contributed by atoms with Gasteiger partial charge in [-0.2, -0.15) is 0 Å². The van der Waals surface area contributed by atoms with Crippen LogP contribution in [0.1, 0.15) is 0 Å². The van der Waals surface area contributed by atoms with E-state index in [9.17, 15) is 4.79 Å². The maximum atomic E-state index is 11.9. The molecule has 0 bridgehead atoms. The second kappa shape index (κ2) is 4.17. The Morgan fingerprint density at radius 3 is 2.73 bits per heavy atom. The van der Waals surface area contributed by atoms with Gasteiger partial charge in [0.25, 0.3) is 5.56 Å². The number of hydrogen-bond acceptors (Lipinski definition) is 2. The lowest BCUT2D eigenvalue weighted by molar-refractivity contribution is 0.843. The van der Waals surface area contributed by atoms with Gasteiger partial charge in [0.05, 0.1) is 10.9 Å². The molecule has 0 aliphatic rings. The number of fused-ring (bicyclic) bond motifs is 1. The normalized spacial score (nSPS) is 10.9. The van der Waals surface area contributed by atoms with Gasteiger partial charge in [-0.25, -0.2) is 4.98 Å². The molecule has 0 atom stereocenters. The minimum atomic E-state index is -0.110. The molecular formula is C9H5ClI2N2O. The van der Waals surface area contributed by atoms with Gasteiger partial charge in [-0.05, 0) is 68.9 Å². The van der Waals surface area contributed by atoms with Gasteiger partial charge in [0.2, 0.25) is 5.28 Å². The fraction of sp³-hybridized carbons (Fsp3) is 0.111. The first-order valence-corrected chi connectivity index (χ1v) is 6.55. The van der Waals surface area contributed by atoms with Crippen molar-refractivity contribution in [1.29, 1.82) is 0 Å². The van der Waals surface area contributed by atoms with Gasteiger partial charge in [-0.1, -0.05) is 0 Å². The molecule has 1 aromatic heterocycles. The Hall–Kier alpha value is 0.110. The summed E-state index contributed by atoms with van der Waals surface area (Å²) in [4.78, 5) is 16.1.